The van der Waals surface area contributed by atoms with Crippen molar-refractivity contribution in [2.75, 3.05) is 0 Å². The second-order valence-electron chi connectivity index (χ2n) is 1.70. The molecule has 0 saturated heterocycles. The molecule has 0 saturated carbocycles. The van der Waals surface area contributed by atoms with Gasteiger partial charge in [-0.1, -0.05) is 0 Å². The fraction of sp³-hybridized carbons (Fsp3) is 0.600. The van der Waals surface area contributed by atoms with Crippen LogP contribution in [-0.2, 0) is 0 Å². The molecule has 0 heterocycles. The van der Waals surface area contributed by atoms with E-state index in [1.165, 1.54) is 4.44 Å². The van der Waals surface area contributed by atoms with E-state index in [1.54, 1.807) is 0 Å². The Morgan fingerprint density at radius 2 is 2.17 bits per heavy atom. The Labute approximate surface area is 47.0 Å². The minimum absolute atomic E-state index is 0.733. The van der Waals surface area contributed by atoms with Crippen LogP contribution in [0.25, 0.3) is 0 Å². The maximum absolute atomic E-state index is 3.65. The number of allylic oxidation sites excluding steroid dienone is 1. The molecular weight excluding hydrogens is 179 g/mol. The average Bonchev–Trinajstić information content (AvgIpc) is 1.35. The van der Waals surface area contributed by atoms with E-state index in [0.29, 0.717) is 0 Å². The predicted octanol–water partition coefficient (Wildman–Crippen LogP) is 1.93. The van der Waals surface area contributed by atoms with Crippen LogP contribution < -0.4 is 0 Å². The quantitative estimate of drug-likeness (QED) is 0.460. The number of hydrogen-bond donors (Lipinski definition) is 0. The van der Waals surface area contributed by atoms with Gasteiger partial charge in [0.1, 0.15) is 0 Å². The summed E-state index contributed by atoms with van der Waals surface area (Å²) in [5, 5.41) is 0. The van der Waals surface area contributed by atoms with Crippen LogP contribution in [-0.4, -0.2) is 19.8 Å². The van der Waals surface area contributed by atoms with Crippen molar-refractivity contribution in [1.82, 2.24) is 0 Å². The van der Waals surface area contributed by atoms with Crippen molar-refractivity contribution in [3.63, 3.8) is 0 Å². The molecule has 0 aliphatic heterocycles. The second-order valence-corrected chi connectivity index (χ2v) is 9.76. The Kier molecular flexibility index (Phi) is 4.05. The zero-order valence-electron chi connectivity index (χ0n) is 4.49. The van der Waals surface area contributed by atoms with Gasteiger partial charge in [0.15, 0.2) is 0 Å². The Balaban J connectivity index is 2.81. The van der Waals surface area contributed by atoms with Gasteiger partial charge in [0.25, 0.3) is 0 Å². The van der Waals surface area contributed by atoms with E-state index in [4.69, 9.17) is 0 Å². The van der Waals surface area contributed by atoms with E-state index in [0.717, 1.165) is 0 Å². The molecule has 0 fully saturated rings. The van der Waals surface area contributed by atoms with Crippen LogP contribution in [0.1, 0.15) is 0 Å². The molecule has 0 aromatic heterocycles. The van der Waals surface area contributed by atoms with Gasteiger partial charge in [-0.25, -0.2) is 0 Å². The normalized spacial score (nSPS) is 7.67. The summed E-state index contributed by atoms with van der Waals surface area (Å²) >= 11 is -0.733. The van der Waals surface area contributed by atoms with Crippen LogP contribution in [0.3, 0.4) is 0 Å². The first-order chi connectivity index (χ1) is 2.77. The van der Waals surface area contributed by atoms with Crippen LogP contribution in [0.2, 0.25) is 14.3 Å². The van der Waals surface area contributed by atoms with Gasteiger partial charge < -0.3 is 0 Å². The van der Waals surface area contributed by atoms with Crippen molar-refractivity contribution in [2.24, 2.45) is 0 Å². The van der Waals surface area contributed by atoms with Gasteiger partial charge in [0.2, 0.25) is 0 Å². The Bertz CT molecular complexity index is 39.2. The summed E-state index contributed by atoms with van der Waals surface area (Å²) in [4.78, 5) is 4.76. The van der Waals surface area contributed by atoms with E-state index < -0.39 is 19.8 Å². The topological polar surface area (TPSA) is 0 Å². The number of rotatable bonds is 2. The average molecular weight is 190 g/mol. The standard InChI is InChI=1S/C3H5.2CH3.Sn/c1-3-2;;;/h3H,1-2H2;2*1H3;/q;;;+1. The van der Waals surface area contributed by atoms with Crippen LogP contribution in [0.15, 0.2) is 12.7 Å². The van der Waals surface area contributed by atoms with Gasteiger partial charge in [-0.3, -0.25) is 0 Å². The molecule has 0 rings (SSSR count). The summed E-state index contributed by atoms with van der Waals surface area (Å²) in [6.45, 7) is 3.65. The molecular formula is C5H11Sn+. The fourth-order valence-corrected chi connectivity index (χ4v) is 1.94. The molecule has 0 nitrogen and oxygen atoms in total. The zero-order valence-corrected chi connectivity index (χ0v) is 7.35. The molecule has 6 heavy (non-hydrogen) atoms. The SMILES string of the molecule is C=C[CH2][Sn+]([CH3])[CH3]. The summed E-state index contributed by atoms with van der Waals surface area (Å²) < 4.78 is 1.34. The minimum atomic E-state index is -0.733. The van der Waals surface area contributed by atoms with Crippen LogP contribution in [0.4, 0.5) is 0 Å². The molecule has 0 amide bonds. The van der Waals surface area contributed by atoms with Gasteiger partial charge in [0.05, 0.1) is 0 Å². The van der Waals surface area contributed by atoms with E-state index in [2.05, 4.69) is 16.5 Å². The van der Waals surface area contributed by atoms with E-state index in [9.17, 15) is 0 Å². The first-order valence-electron chi connectivity index (χ1n) is 2.17. The maximum atomic E-state index is 3.65. The van der Waals surface area contributed by atoms with Gasteiger partial charge in [-0.05, 0) is 0 Å². The molecule has 0 bridgehead atoms. The van der Waals surface area contributed by atoms with Crippen molar-refractivity contribution < 1.29 is 0 Å². The van der Waals surface area contributed by atoms with Crippen molar-refractivity contribution in [3.05, 3.63) is 12.7 Å². The Hall–Kier alpha value is 0.539. The van der Waals surface area contributed by atoms with Crippen molar-refractivity contribution in [2.45, 2.75) is 14.3 Å². The van der Waals surface area contributed by atoms with Crippen LogP contribution in [0, 0.1) is 0 Å². The second kappa shape index (κ2) is 3.72. The summed E-state index contributed by atoms with van der Waals surface area (Å²) in [6.07, 6.45) is 2.04. The molecule has 0 unspecified atom stereocenters. The first-order valence-corrected chi connectivity index (χ1v) is 9.90. The number of hydrogen-bond acceptors (Lipinski definition) is 0. The van der Waals surface area contributed by atoms with Gasteiger partial charge in [0, 0.05) is 0 Å². The molecule has 0 spiro atoms. The predicted molar refractivity (Wildman–Crippen MR) is 32.5 cm³/mol. The molecule has 1 heteroatoms. The van der Waals surface area contributed by atoms with Crippen LogP contribution >= 0.6 is 0 Å². The molecule has 0 aromatic rings. The Morgan fingerprint density at radius 1 is 1.67 bits per heavy atom. The van der Waals surface area contributed by atoms with Crippen molar-refractivity contribution >= 4 is 19.8 Å². The molecule has 0 aliphatic carbocycles. The zero-order chi connectivity index (χ0) is 4.99. The van der Waals surface area contributed by atoms with Crippen LogP contribution in [0.5, 0.6) is 0 Å². The fourth-order valence-electron chi connectivity index (χ4n) is 0.289. The third-order valence-corrected chi connectivity index (χ3v) is 3.71. The summed E-state index contributed by atoms with van der Waals surface area (Å²) in [5.74, 6) is 0. The molecule has 0 N–H and O–H groups in total. The first kappa shape index (κ1) is 6.54. The van der Waals surface area contributed by atoms with Gasteiger partial charge in [-0.2, -0.15) is 0 Å². The van der Waals surface area contributed by atoms with Gasteiger partial charge >= 0.3 is 46.7 Å². The monoisotopic (exact) mass is 191 g/mol. The van der Waals surface area contributed by atoms with E-state index >= 15 is 0 Å². The molecule has 0 aromatic carbocycles. The van der Waals surface area contributed by atoms with E-state index in [1.807, 2.05) is 6.08 Å². The summed E-state index contributed by atoms with van der Waals surface area (Å²) in [5.41, 5.74) is 0. The van der Waals surface area contributed by atoms with Crippen molar-refractivity contribution in [1.29, 1.82) is 0 Å². The molecule has 0 aliphatic rings. The molecule has 0 atom stereocenters. The molecule has 0 radical (unpaired) electrons. The van der Waals surface area contributed by atoms with Crippen molar-refractivity contribution in [3.8, 4) is 0 Å². The molecule has 34 valence electrons. The summed E-state index contributed by atoms with van der Waals surface area (Å²) in [7, 11) is 0. The third-order valence-electron chi connectivity index (χ3n) is 0.553. The Morgan fingerprint density at radius 3 is 2.17 bits per heavy atom. The van der Waals surface area contributed by atoms with Gasteiger partial charge in [-0.15, -0.1) is 0 Å². The third kappa shape index (κ3) is 4.54. The van der Waals surface area contributed by atoms with E-state index in [-0.39, 0.29) is 0 Å². The summed E-state index contributed by atoms with van der Waals surface area (Å²) in [6, 6.07) is 0.